The zero-order valence-electron chi connectivity index (χ0n) is 13.1. The van der Waals surface area contributed by atoms with Crippen molar-refractivity contribution in [2.24, 2.45) is 0 Å². The van der Waals surface area contributed by atoms with Crippen LogP contribution in [0.5, 0.6) is 0 Å². The van der Waals surface area contributed by atoms with Gasteiger partial charge in [0, 0.05) is 5.69 Å². The van der Waals surface area contributed by atoms with Gasteiger partial charge >= 0.3 is 0 Å². The van der Waals surface area contributed by atoms with Crippen LogP contribution in [0.1, 0.15) is 36.1 Å². The molecule has 0 aliphatic carbocycles. The summed E-state index contributed by atoms with van der Waals surface area (Å²) < 4.78 is 13.2. The van der Waals surface area contributed by atoms with Crippen molar-refractivity contribution in [1.29, 1.82) is 0 Å². The average Bonchev–Trinajstić information content (AvgIpc) is 2.48. The lowest BCUT2D eigenvalue weighted by Gasteiger charge is -2.21. The molecule has 2 N–H and O–H groups in total. The van der Waals surface area contributed by atoms with Crippen LogP contribution in [0.2, 0.25) is 0 Å². The molecule has 2 aromatic carbocycles. The van der Waals surface area contributed by atoms with Gasteiger partial charge in [-0.1, -0.05) is 31.2 Å². The molecule has 0 saturated carbocycles. The van der Waals surface area contributed by atoms with Crippen LogP contribution < -0.4 is 10.6 Å². The Balaban J connectivity index is 2.06. The molecule has 0 saturated heterocycles. The summed E-state index contributed by atoms with van der Waals surface area (Å²) >= 11 is 5.34. The van der Waals surface area contributed by atoms with Crippen LogP contribution in [0.15, 0.2) is 42.5 Å². The highest BCUT2D eigenvalue weighted by molar-refractivity contribution is 7.80. The molecule has 2 rings (SSSR count). The van der Waals surface area contributed by atoms with Crippen LogP contribution in [0.4, 0.5) is 10.1 Å². The Morgan fingerprint density at radius 2 is 1.91 bits per heavy atom. The first-order chi connectivity index (χ1) is 10.5. The average molecular weight is 316 g/mol. The van der Waals surface area contributed by atoms with Crippen LogP contribution >= 0.6 is 12.2 Å². The highest BCUT2D eigenvalue weighted by atomic mass is 32.1. The predicted octanol–water partition coefficient (Wildman–Crippen LogP) is 4.88. The van der Waals surface area contributed by atoms with Gasteiger partial charge in [-0.05, 0) is 67.4 Å². The maximum atomic E-state index is 13.2. The molecule has 0 unspecified atom stereocenters. The van der Waals surface area contributed by atoms with Crippen molar-refractivity contribution in [3.05, 3.63) is 65.0 Å². The van der Waals surface area contributed by atoms with E-state index >= 15 is 0 Å². The summed E-state index contributed by atoms with van der Waals surface area (Å²) in [6.07, 6.45) is 0.910. The van der Waals surface area contributed by atoms with Crippen LogP contribution in [0.3, 0.4) is 0 Å². The lowest BCUT2D eigenvalue weighted by molar-refractivity contribution is 0.626. The standard InChI is InChI=1S/C18H21FN2S/c1-4-17(14-9-8-12(2)13(3)10-14)21-18(22)20-16-7-5-6-15(19)11-16/h5-11,17H,4H2,1-3H3,(H2,20,21,22)/t17-/m0/s1. The quantitative estimate of drug-likeness (QED) is 0.786. The van der Waals surface area contributed by atoms with Crippen LogP contribution in [-0.4, -0.2) is 5.11 Å². The third-order valence-electron chi connectivity index (χ3n) is 3.73. The molecule has 0 aliphatic heterocycles. The minimum absolute atomic E-state index is 0.132. The zero-order valence-corrected chi connectivity index (χ0v) is 13.9. The SMILES string of the molecule is CC[C@H](NC(=S)Nc1cccc(F)c1)c1ccc(C)c(C)c1. The lowest BCUT2D eigenvalue weighted by Crippen LogP contribution is -2.32. The van der Waals surface area contributed by atoms with Gasteiger partial charge in [0.1, 0.15) is 5.82 Å². The van der Waals surface area contributed by atoms with Crippen LogP contribution in [0, 0.1) is 19.7 Å². The normalized spacial score (nSPS) is 11.8. The Labute approximate surface area is 136 Å². The molecule has 0 aliphatic rings. The minimum Gasteiger partial charge on any atom is -0.356 e. The molecule has 4 heteroatoms. The molecule has 116 valence electrons. The Morgan fingerprint density at radius 3 is 2.55 bits per heavy atom. The maximum Gasteiger partial charge on any atom is 0.171 e. The topological polar surface area (TPSA) is 24.1 Å². The van der Waals surface area contributed by atoms with E-state index in [1.165, 1.54) is 28.8 Å². The Kier molecular flexibility index (Phi) is 5.50. The van der Waals surface area contributed by atoms with Crippen LogP contribution in [-0.2, 0) is 0 Å². The Bertz CT molecular complexity index is 670. The molecule has 0 bridgehead atoms. The number of halogens is 1. The molecule has 0 fully saturated rings. The molecule has 0 amide bonds. The highest BCUT2D eigenvalue weighted by Gasteiger charge is 2.11. The van der Waals surface area contributed by atoms with E-state index in [9.17, 15) is 4.39 Å². The molecule has 0 radical (unpaired) electrons. The van der Waals surface area contributed by atoms with Crippen molar-refractivity contribution in [1.82, 2.24) is 5.32 Å². The van der Waals surface area contributed by atoms with Crippen molar-refractivity contribution in [2.45, 2.75) is 33.2 Å². The van der Waals surface area contributed by atoms with E-state index in [2.05, 4.69) is 49.6 Å². The summed E-state index contributed by atoms with van der Waals surface area (Å²) in [7, 11) is 0. The lowest BCUT2D eigenvalue weighted by atomic mass is 9.99. The van der Waals surface area contributed by atoms with E-state index < -0.39 is 0 Å². The summed E-state index contributed by atoms with van der Waals surface area (Å²) in [4.78, 5) is 0. The smallest absolute Gasteiger partial charge is 0.171 e. The van der Waals surface area contributed by atoms with Crippen molar-refractivity contribution in [3.63, 3.8) is 0 Å². The first kappa shape index (κ1) is 16.4. The van der Waals surface area contributed by atoms with Crippen molar-refractivity contribution in [2.75, 3.05) is 5.32 Å². The van der Waals surface area contributed by atoms with Crippen LogP contribution in [0.25, 0.3) is 0 Å². The Morgan fingerprint density at radius 1 is 1.14 bits per heavy atom. The van der Waals surface area contributed by atoms with E-state index in [-0.39, 0.29) is 11.9 Å². The second kappa shape index (κ2) is 7.36. The number of nitrogens with one attached hydrogen (secondary N) is 2. The molecule has 1 atom stereocenters. The van der Waals surface area contributed by atoms with Crippen molar-refractivity contribution >= 4 is 23.0 Å². The van der Waals surface area contributed by atoms with Crippen molar-refractivity contribution < 1.29 is 4.39 Å². The van der Waals surface area contributed by atoms with Gasteiger partial charge in [-0.15, -0.1) is 0 Å². The largest absolute Gasteiger partial charge is 0.356 e. The first-order valence-electron chi connectivity index (χ1n) is 7.40. The summed E-state index contributed by atoms with van der Waals surface area (Å²) in [5.74, 6) is -0.283. The van der Waals surface area contributed by atoms with Gasteiger partial charge in [-0.2, -0.15) is 0 Å². The van der Waals surface area contributed by atoms with E-state index in [1.807, 2.05) is 0 Å². The molecule has 2 aromatic rings. The second-order valence-corrected chi connectivity index (χ2v) is 5.82. The van der Waals surface area contributed by atoms with Gasteiger partial charge in [-0.25, -0.2) is 4.39 Å². The van der Waals surface area contributed by atoms with E-state index in [0.717, 1.165) is 6.42 Å². The second-order valence-electron chi connectivity index (χ2n) is 5.41. The number of rotatable bonds is 4. The summed E-state index contributed by atoms with van der Waals surface area (Å²) in [6.45, 7) is 6.32. The van der Waals surface area contributed by atoms with Gasteiger partial charge in [0.15, 0.2) is 5.11 Å². The summed E-state index contributed by atoms with van der Waals surface area (Å²) in [6, 6.07) is 12.8. The first-order valence-corrected chi connectivity index (χ1v) is 7.80. The van der Waals surface area contributed by atoms with Crippen molar-refractivity contribution in [3.8, 4) is 0 Å². The van der Waals surface area contributed by atoms with Gasteiger partial charge in [0.25, 0.3) is 0 Å². The fourth-order valence-corrected chi connectivity index (χ4v) is 2.55. The third kappa shape index (κ3) is 4.28. The fraction of sp³-hybridized carbons (Fsp3) is 0.278. The number of benzene rings is 2. The molecular weight excluding hydrogens is 295 g/mol. The molecule has 2 nitrogen and oxygen atoms in total. The summed E-state index contributed by atoms with van der Waals surface area (Å²) in [5, 5.41) is 6.82. The monoisotopic (exact) mass is 316 g/mol. The van der Waals surface area contributed by atoms with E-state index in [1.54, 1.807) is 12.1 Å². The Hall–Kier alpha value is -1.94. The summed E-state index contributed by atoms with van der Waals surface area (Å²) in [5.41, 5.74) is 4.39. The number of hydrogen-bond acceptors (Lipinski definition) is 1. The third-order valence-corrected chi connectivity index (χ3v) is 3.95. The van der Waals surface area contributed by atoms with Gasteiger partial charge in [0.05, 0.1) is 6.04 Å². The molecule has 22 heavy (non-hydrogen) atoms. The predicted molar refractivity (Wildman–Crippen MR) is 94.7 cm³/mol. The number of anilines is 1. The zero-order chi connectivity index (χ0) is 16.1. The van der Waals surface area contributed by atoms with Gasteiger partial charge in [-0.3, -0.25) is 0 Å². The van der Waals surface area contributed by atoms with E-state index in [4.69, 9.17) is 12.2 Å². The molecular formula is C18H21FN2S. The number of aryl methyl sites for hydroxylation is 2. The molecule has 0 spiro atoms. The number of hydrogen-bond donors (Lipinski definition) is 2. The number of thiocarbonyl (C=S) groups is 1. The van der Waals surface area contributed by atoms with Gasteiger partial charge < -0.3 is 10.6 Å². The maximum absolute atomic E-state index is 13.2. The van der Waals surface area contributed by atoms with Gasteiger partial charge in [0.2, 0.25) is 0 Å². The molecule has 0 aromatic heterocycles. The molecule has 0 heterocycles. The fourth-order valence-electron chi connectivity index (χ4n) is 2.29. The minimum atomic E-state index is -0.283. The highest BCUT2D eigenvalue weighted by Crippen LogP contribution is 2.20. The van der Waals surface area contributed by atoms with E-state index in [0.29, 0.717) is 10.8 Å².